The summed E-state index contributed by atoms with van der Waals surface area (Å²) in [5, 5.41) is 8.15. The topological polar surface area (TPSA) is 28.1 Å². The van der Waals surface area contributed by atoms with Crippen LogP contribution in [0.4, 0.5) is 13.2 Å². The van der Waals surface area contributed by atoms with Gasteiger partial charge in [0, 0.05) is 5.56 Å². The molecule has 0 unspecified atom stereocenters. The Kier molecular flexibility index (Phi) is 2.52. The first-order chi connectivity index (χ1) is 6.04. The normalized spacial score (nSPS) is 10.9. The minimum atomic E-state index is -4.31. The van der Waals surface area contributed by atoms with Crippen molar-refractivity contribution in [3.8, 4) is 0 Å². The van der Waals surface area contributed by atoms with E-state index in [1.165, 1.54) is 12.1 Å². The number of hydrogen-bond acceptors (Lipinski definition) is 1. The van der Waals surface area contributed by atoms with Gasteiger partial charge in [-0.05, 0) is 12.1 Å². The van der Waals surface area contributed by atoms with Crippen molar-refractivity contribution in [3.63, 3.8) is 0 Å². The minimum Gasteiger partial charge on any atom is -0.166 e. The molecule has 0 aliphatic carbocycles. The molecule has 0 heterocycles. The van der Waals surface area contributed by atoms with Crippen LogP contribution in [0, 0.1) is 5.39 Å². The lowest BCUT2D eigenvalue weighted by molar-refractivity contribution is -0.137. The second kappa shape index (κ2) is 3.44. The molecule has 68 valence electrons. The second-order valence-corrected chi connectivity index (χ2v) is 2.49. The van der Waals surface area contributed by atoms with E-state index in [0.29, 0.717) is 5.56 Å². The van der Waals surface area contributed by atoms with E-state index in [1.807, 2.05) is 0 Å². The highest BCUT2D eigenvalue weighted by Crippen LogP contribution is 2.29. The van der Waals surface area contributed by atoms with E-state index in [9.17, 15) is 13.2 Å². The molecule has 0 atom stereocenters. The van der Waals surface area contributed by atoms with Crippen LogP contribution in [-0.2, 0) is 12.7 Å². The molecule has 1 rings (SSSR count). The molecular formula is C8H6F3N2+. The Morgan fingerprint density at radius 1 is 1.15 bits per heavy atom. The number of rotatable bonds is 1. The second-order valence-electron chi connectivity index (χ2n) is 2.49. The van der Waals surface area contributed by atoms with Gasteiger partial charge in [-0.3, -0.25) is 0 Å². The van der Waals surface area contributed by atoms with Crippen molar-refractivity contribution >= 4 is 0 Å². The van der Waals surface area contributed by atoms with Crippen molar-refractivity contribution in [2.24, 2.45) is 0 Å². The average molecular weight is 187 g/mol. The lowest BCUT2D eigenvalue weighted by atomic mass is 10.1. The van der Waals surface area contributed by atoms with E-state index in [1.54, 1.807) is 0 Å². The SMILES string of the molecule is N#[N+]Cc1ccc(C(F)(F)F)cc1. The molecule has 0 aromatic heterocycles. The van der Waals surface area contributed by atoms with Crippen LogP contribution < -0.4 is 0 Å². The van der Waals surface area contributed by atoms with Crippen molar-refractivity contribution in [3.05, 3.63) is 40.4 Å². The average Bonchev–Trinajstić information content (AvgIpc) is 2.04. The first kappa shape index (κ1) is 9.52. The minimum absolute atomic E-state index is 0.0120. The molecule has 0 aliphatic rings. The third-order valence-electron chi connectivity index (χ3n) is 1.53. The molecule has 0 N–H and O–H groups in total. The van der Waals surface area contributed by atoms with Gasteiger partial charge in [0.15, 0.2) is 0 Å². The van der Waals surface area contributed by atoms with E-state index in [4.69, 9.17) is 5.39 Å². The maximum absolute atomic E-state index is 12.0. The zero-order chi connectivity index (χ0) is 9.90. The Bertz CT molecular complexity index is 321. The van der Waals surface area contributed by atoms with E-state index in [-0.39, 0.29) is 6.54 Å². The van der Waals surface area contributed by atoms with Gasteiger partial charge in [-0.25, -0.2) is 0 Å². The monoisotopic (exact) mass is 187 g/mol. The zero-order valence-electron chi connectivity index (χ0n) is 6.54. The Morgan fingerprint density at radius 3 is 2.08 bits per heavy atom. The van der Waals surface area contributed by atoms with Crippen LogP contribution >= 0.6 is 0 Å². The number of diazo groups is 1. The molecule has 1 aromatic carbocycles. The van der Waals surface area contributed by atoms with Crippen molar-refractivity contribution in [2.45, 2.75) is 12.7 Å². The van der Waals surface area contributed by atoms with Crippen molar-refractivity contribution < 1.29 is 13.2 Å². The highest BCUT2D eigenvalue weighted by Gasteiger charge is 2.30. The van der Waals surface area contributed by atoms with Crippen molar-refractivity contribution in [1.29, 1.82) is 5.39 Å². The molecule has 0 aliphatic heterocycles. The third kappa shape index (κ3) is 2.44. The Hall–Kier alpha value is -1.57. The molecule has 0 saturated carbocycles. The first-order valence-electron chi connectivity index (χ1n) is 3.51. The molecule has 1 aromatic rings. The molecule has 5 heteroatoms. The van der Waals surface area contributed by atoms with E-state index >= 15 is 0 Å². The summed E-state index contributed by atoms with van der Waals surface area (Å²) in [6.45, 7) is 0.0120. The fourth-order valence-corrected chi connectivity index (χ4v) is 0.881. The summed E-state index contributed by atoms with van der Waals surface area (Å²) in [5.74, 6) is 0. The van der Waals surface area contributed by atoms with Gasteiger partial charge < -0.3 is 0 Å². The maximum Gasteiger partial charge on any atom is 0.416 e. The summed E-state index contributed by atoms with van der Waals surface area (Å²) >= 11 is 0. The van der Waals surface area contributed by atoms with Gasteiger partial charge in [-0.1, -0.05) is 12.1 Å². The highest BCUT2D eigenvalue weighted by atomic mass is 19.4. The molecule has 2 nitrogen and oxygen atoms in total. The predicted octanol–water partition coefficient (Wildman–Crippen LogP) is 3.06. The molecule has 0 radical (unpaired) electrons. The summed E-state index contributed by atoms with van der Waals surface area (Å²) < 4.78 is 36.1. The Labute approximate surface area is 72.6 Å². The van der Waals surface area contributed by atoms with Crippen LogP contribution in [0.3, 0.4) is 0 Å². The van der Waals surface area contributed by atoms with Crippen molar-refractivity contribution in [1.82, 2.24) is 0 Å². The van der Waals surface area contributed by atoms with Crippen LogP contribution in [0.2, 0.25) is 0 Å². The Morgan fingerprint density at radius 2 is 1.69 bits per heavy atom. The van der Waals surface area contributed by atoms with Crippen LogP contribution in [-0.4, -0.2) is 0 Å². The van der Waals surface area contributed by atoms with Crippen LogP contribution in [0.1, 0.15) is 11.1 Å². The fourth-order valence-electron chi connectivity index (χ4n) is 0.881. The molecule has 0 bridgehead atoms. The number of nitrogens with zero attached hydrogens (tertiary/aromatic N) is 2. The smallest absolute Gasteiger partial charge is 0.166 e. The van der Waals surface area contributed by atoms with Gasteiger partial charge in [-0.15, -0.1) is 0 Å². The van der Waals surface area contributed by atoms with Crippen LogP contribution in [0.5, 0.6) is 0 Å². The summed E-state index contributed by atoms with van der Waals surface area (Å²) in [5.41, 5.74) is -0.162. The highest BCUT2D eigenvalue weighted by molar-refractivity contribution is 5.25. The molecule has 0 amide bonds. The third-order valence-corrected chi connectivity index (χ3v) is 1.53. The number of alkyl halides is 3. The van der Waals surface area contributed by atoms with Gasteiger partial charge >= 0.3 is 12.7 Å². The van der Waals surface area contributed by atoms with Gasteiger partial charge in [-0.2, -0.15) is 13.2 Å². The van der Waals surface area contributed by atoms with E-state index < -0.39 is 11.7 Å². The molecule has 0 spiro atoms. The number of hydrogen-bond donors (Lipinski definition) is 0. The van der Waals surface area contributed by atoms with E-state index in [2.05, 4.69) is 4.98 Å². The number of halogens is 3. The van der Waals surface area contributed by atoms with E-state index in [0.717, 1.165) is 12.1 Å². The largest absolute Gasteiger partial charge is 0.416 e. The summed E-state index contributed by atoms with van der Waals surface area (Å²) in [6.07, 6.45) is -4.31. The number of benzene rings is 1. The summed E-state index contributed by atoms with van der Waals surface area (Å²) in [6, 6.07) is 4.48. The predicted molar refractivity (Wildman–Crippen MR) is 40.2 cm³/mol. The van der Waals surface area contributed by atoms with Gasteiger partial charge in [0.2, 0.25) is 5.39 Å². The quantitative estimate of drug-likeness (QED) is 0.621. The van der Waals surface area contributed by atoms with Gasteiger partial charge in [0.05, 0.1) is 5.56 Å². The van der Waals surface area contributed by atoms with Gasteiger partial charge in [0.1, 0.15) is 4.98 Å². The lowest BCUT2D eigenvalue weighted by Gasteiger charge is -2.04. The van der Waals surface area contributed by atoms with Gasteiger partial charge in [0.25, 0.3) is 0 Å². The summed E-state index contributed by atoms with van der Waals surface area (Å²) in [4.78, 5) is 2.82. The first-order valence-corrected chi connectivity index (χ1v) is 3.51. The van der Waals surface area contributed by atoms with Crippen LogP contribution in [0.25, 0.3) is 4.98 Å². The zero-order valence-corrected chi connectivity index (χ0v) is 6.54. The molecule has 0 fully saturated rings. The van der Waals surface area contributed by atoms with Crippen LogP contribution in [0.15, 0.2) is 24.3 Å². The summed E-state index contributed by atoms with van der Waals surface area (Å²) in [7, 11) is 0. The Balaban J connectivity index is 2.89. The maximum atomic E-state index is 12.0. The molecule has 0 saturated heterocycles. The standard InChI is InChI=1S/C8H6F3N2/c9-8(10,11)7-3-1-6(2-4-7)5-13-12/h1-4H,5H2/q+1. The lowest BCUT2D eigenvalue weighted by Crippen LogP contribution is -2.04. The van der Waals surface area contributed by atoms with Crippen molar-refractivity contribution in [2.75, 3.05) is 0 Å². The molecule has 13 heavy (non-hydrogen) atoms. The molecular weight excluding hydrogens is 181 g/mol. The fraction of sp³-hybridized carbons (Fsp3) is 0.250.